The summed E-state index contributed by atoms with van der Waals surface area (Å²) in [6.07, 6.45) is 0.905. The fourth-order valence-corrected chi connectivity index (χ4v) is 3.54. The second kappa shape index (κ2) is 8.58. The van der Waals surface area contributed by atoms with Gasteiger partial charge in [-0.25, -0.2) is 0 Å². The summed E-state index contributed by atoms with van der Waals surface area (Å²) in [5.41, 5.74) is 8.99. The number of hydrogen-bond acceptors (Lipinski definition) is 1. The second-order valence-corrected chi connectivity index (χ2v) is 7.20. The van der Waals surface area contributed by atoms with Gasteiger partial charge in [0.25, 0.3) is 0 Å². The molecule has 0 aliphatic rings. The molecule has 0 amide bonds. The predicted molar refractivity (Wildman–Crippen MR) is 120 cm³/mol. The minimum Gasteiger partial charge on any atom is -0.381 e. The van der Waals surface area contributed by atoms with Crippen LogP contribution in [-0.2, 0) is 13.0 Å². The molecule has 4 rings (SSSR count). The van der Waals surface area contributed by atoms with Crippen LogP contribution in [0.5, 0.6) is 0 Å². The molecule has 4 aromatic carbocycles. The van der Waals surface area contributed by atoms with Crippen LogP contribution < -0.4 is 5.32 Å². The molecule has 28 heavy (non-hydrogen) atoms. The topological polar surface area (TPSA) is 12.0 Å². The summed E-state index contributed by atoms with van der Waals surface area (Å²) in [7, 11) is 0. The zero-order chi connectivity index (χ0) is 19.2. The van der Waals surface area contributed by atoms with Gasteiger partial charge in [-0.3, -0.25) is 0 Å². The van der Waals surface area contributed by atoms with E-state index in [4.69, 9.17) is 0 Å². The molecule has 0 unspecified atom stereocenters. The standard InChI is InChI=1S/C27H25N/c1-21-15-17-24(18-16-21)25-13-8-14-27(28-20-23-11-6-3-7-12-23)26(25)19-22-9-4-2-5-10-22/h2-18,28H,19-20H2,1H3. The molecule has 0 heterocycles. The van der Waals surface area contributed by atoms with Crippen LogP contribution >= 0.6 is 0 Å². The maximum Gasteiger partial charge on any atom is 0.0400 e. The van der Waals surface area contributed by atoms with Gasteiger partial charge in [0.2, 0.25) is 0 Å². The van der Waals surface area contributed by atoms with Gasteiger partial charge in [0.15, 0.2) is 0 Å². The maximum atomic E-state index is 3.67. The fraction of sp³-hybridized carbons (Fsp3) is 0.111. The molecule has 0 saturated carbocycles. The maximum absolute atomic E-state index is 3.67. The summed E-state index contributed by atoms with van der Waals surface area (Å²) in [6.45, 7) is 2.95. The molecule has 138 valence electrons. The molecule has 0 fully saturated rings. The zero-order valence-electron chi connectivity index (χ0n) is 16.2. The van der Waals surface area contributed by atoms with Crippen LogP contribution in [0.1, 0.15) is 22.3 Å². The lowest BCUT2D eigenvalue weighted by Crippen LogP contribution is -2.04. The van der Waals surface area contributed by atoms with Crippen LogP contribution in [0, 0.1) is 6.92 Å². The summed E-state index contributed by atoms with van der Waals surface area (Å²) < 4.78 is 0. The normalized spacial score (nSPS) is 10.6. The van der Waals surface area contributed by atoms with Crippen molar-refractivity contribution < 1.29 is 0 Å². The predicted octanol–water partition coefficient (Wildman–Crippen LogP) is 6.86. The van der Waals surface area contributed by atoms with Crippen molar-refractivity contribution in [2.45, 2.75) is 19.9 Å². The molecule has 0 spiro atoms. The zero-order valence-corrected chi connectivity index (χ0v) is 16.2. The Kier molecular flexibility index (Phi) is 5.53. The molecule has 0 aromatic heterocycles. The van der Waals surface area contributed by atoms with Crippen LogP contribution in [-0.4, -0.2) is 0 Å². The lowest BCUT2D eigenvalue weighted by molar-refractivity contribution is 1.11. The minimum atomic E-state index is 0.819. The molecular formula is C27H25N. The first-order valence-corrected chi connectivity index (χ1v) is 9.80. The van der Waals surface area contributed by atoms with E-state index >= 15 is 0 Å². The summed E-state index contributed by atoms with van der Waals surface area (Å²) in [6, 6.07) is 36.6. The minimum absolute atomic E-state index is 0.819. The molecular weight excluding hydrogens is 338 g/mol. The van der Waals surface area contributed by atoms with E-state index in [1.807, 2.05) is 0 Å². The summed E-state index contributed by atoms with van der Waals surface area (Å²) >= 11 is 0. The van der Waals surface area contributed by atoms with Crippen LogP contribution in [0.25, 0.3) is 11.1 Å². The van der Waals surface area contributed by atoms with Crippen LogP contribution in [0.15, 0.2) is 103 Å². The third-order valence-electron chi connectivity index (χ3n) is 5.09. The third-order valence-corrected chi connectivity index (χ3v) is 5.09. The quantitative estimate of drug-likeness (QED) is 0.394. The highest BCUT2D eigenvalue weighted by Gasteiger charge is 2.11. The first-order valence-electron chi connectivity index (χ1n) is 9.80. The van der Waals surface area contributed by atoms with E-state index in [0.717, 1.165) is 13.0 Å². The second-order valence-electron chi connectivity index (χ2n) is 7.20. The molecule has 0 atom stereocenters. The largest absolute Gasteiger partial charge is 0.381 e. The Morgan fingerprint density at radius 1 is 0.607 bits per heavy atom. The first kappa shape index (κ1) is 18.1. The molecule has 0 aliphatic heterocycles. The molecule has 0 saturated heterocycles. The lowest BCUT2D eigenvalue weighted by Gasteiger charge is -2.17. The van der Waals surface area contributed by atoms with E-state index in [9.17, 15) is 0 Å². The van der Waals surface area contributed by atoms with Crippen molar-refractivity contribution in [2.24, 2.45) is 0 Å². The Morgan fingerprint density at radius 3 is 1.93 bits per heavy atom. The highest BCUT2D eigenvalue weighted by molar-refractivity contribution is 5.75. The molecule has 4 aromatic rings. The van der Waals surface area contributed by atoms with Crippen LogP contribution in [0.3, 0.4) is 0 Å². The summed E-state index contributed by atoms with van der Waals surface area (Å²) in [4.78, 5) is 0. The number of anilines is 1. The fourth-order valence-electron chi connectivity index (χ4n) is 3.54. The molecule has 1 heteroatoms. The van der Waals surface area contributed by atoms with E-state index in [0.29, 0.717) is 0 Å². The number of nitrogens with one attached hydrogen (secondary N) is 1. The highest BCUT2D eigenvalue weighted by atomic mass is 14.9. The van der Waals surface area contributed by atoms with Crippen molar-refractivity contribution in [2.75, 3.05) is 5.32 Å². The molecule has 0 radical (unpaired) electrons. The Balaban J connectivity index is 1.71. The molecule has 1 N–H and O–H groups in total. The van der Waals surface area contributed by atoms with Gasteiger partial charge in [0.05, 0.1) is 0 Å². The molecule has 1 nitrogen and oxygen atoms in total. The Bertz CT molecular complexity index is 1020. The van der Waals surface area contributed by atoms with Crippen molar-refractivity contribution in [3.8, 4) is 11.1 Å². The van der Waals surface area contributed by atoms with E-state index in [2.05, 4.69) is 115 Å². The smallest absolute Gasteiger partial charge is 0.0400 e. The Hall–Kier alpha value is -3.32. The van der Waals surface area contributed by atoms with Crippen molar-refractivity contribution >= 4 is 5.69 Å². The highest BCUT2D eigenvalue weighted by Crippen LogP contribution is 2.32. The number of rotatable bonds is 6. The monoisotopic (exact) mass is 363 g/mol. The number of aryl methyl sites for hydroxylation is 1. The van der Waals surface area contributed by atoms with Crippen LogP contribution in [0.4, 0.5) is 5.69 Å². The molecule has 0 bridgehead atoms. The van der Waals surface area contributed by atoms with E-state index in [1.165, 1.54) is 39.1 Å². The third kappa shape index (κ3) is 4.32. The lowest BCUT2D eigenvalue weighted by atomic mass is 9.93. The van der Waals surface area contributed by atoms with Gasteiger partial charge in [-0.05, 0) is 40.8 Å². The van der Waals surface area contributed by atoms with Crippen molar-refractivity contribution in [1.29, 1.82) is 0 Å². The van der Waals surface area contributed by atoms with Gasteiger partial charge in [-0.2, -0.15) is 0 Å². The van der Waals surface area contributed by atoms with Gasteiger partial charge in [-0.1, -0.05) is 103 Å². The van der Waals surface area contributed by atoms with Crippen LogP contribution in [0.2, 0.25) is 0 Å². The number of hydrogen-bond donors (Lipinski definition) is 1. The van der Waals surface area contributed by atoms with Gasteiger partial charge < -0.3 is 5.32 Å². The Labute approximate surface area is 167 Å². The van der Waals surface area contributed by atoms with E-state index in [1.54, 1.807) is 0 Å². The SMILES string of the molecule is Cc1ccc(-c2cccc(NCc3ccccc3)c2Cc2ccccc2)cc1. The van der Waals surface area contributed by atoms with E-state index < -0.39 is 0 Å². The van der Waals surface area contributed by atoms with Gasteiger partial charge in [0, 0.05) is 18.7 Å². The summed E-state index contributed by atoms with van der Waals surface area (Å²) in [5, 5.41) is 3.67. The average Bonchev–Trinajstić information content (AvgIpc) is 2.75. The average molecular weight is 364 g/mol. The Morgan fingerprint density at radius 2 is 1.25 bits per heavy atom. The number of benzene rings is 4. The van der Waals surface area contributed by atoms with Crippen molar-refractivity contribution in [3.63, 3.8) is 0 Å². The van der Waals surface area contributed by atoms with Crippen molar-refractivity contribution in [3.05, 3.63) is 125 Å². The van der Waals surface area contributed by atoms with Gasteiger partial charge >= 0.3 is 0 Å². The first-order chi connectivity index (χ1) is 13.8. The van der Waals surface area contributed by atoms with Gasteiger partial charge in [-0.15, -0.1) is 0 Å². The van der Waals surface area contributed by atoms with Crippen molar-refractivity contribution in [1.82, 2.24) is 0 Å². The van der Waals surface area contributed by atoms with Gasteiger partial charge in [0.1, 0.15) is 0 Å². The molecule has 0 aliphatic carbocycles. The summed E-state index contributed by atoms with van der Waals surface area (Å²) in [5.74, 6) is 0. The van der Waals surface area contributed by atoms with E-state index in [-0.39, 0.29) is 0 Å².